The highest BCUT2D eigenvalue weighted by Crippen LogP contribution is 2.41. The van der Waals surface area contributed by atoms with Crippen LogP contribution >= 0.6 is 0 Å². The summed E-state index contributed by atoms with van der Waals surface area (Å²) in [5, 5.41) is 19.6. The van der Waals surface area contributed by atoms with Crippen molar-refractivity contribution in [1.29, 1.82) is 0 Å². The van der Waals surface area contributed by atoms with Gasteiger partial charge in [0.1, 0.15) is 0 Å². The lowest BCUT2D eigenvalue weighted by atomic mass is 9.76. The van der Waals surface area contributed by atoms with Crippen LogP contribution in [0.25, 0.3) is 0 Å². The van der Waals surface area contributed by atoms with Crippen LogP contribution in [0.2, 0.25) is 0 Å². The summed E-state index contributed by atoms with van der Waals surface area (Å²) in [6, 6.07) is 0. The molecule has 0 radical (unpaired) electrons. The SMILES string of the molecule is CN1C(C)(C)CCC(O)(O)C1(C)C. The standard InChI is InChI=1S/C10H21NO2/c1-8(2)6-7-10(12,13)9(3,4)11(8)5/h12-13H,6-7H2,1-5H3. The molecule has 1 aliphatic rings. The summed E-state index contributed by atoms with van der Waals surface area (Å²) in [5.74, 6) is -1.57. The lowest BCUT2D eigenvalue weighted by Crippen LogP contribution is -2.68. The van der Waals surface area contributed by atoms with E-state index in [1.165, 1.54) is 0 Å². The van der Waals surface area contributed by atoms with E-state index >= 15 is 0 Å². The second kappa shape index (κ2) is 2.69. The smallest absolute Gasteiger partial charge is 0.181 e. The van der Waals surface area contributed by atoms with Crippen LogP contribution in [0, 0.1) is 0 Å². The van der Waals surface area contributed by atoms with Gasteiger partial charge < -0.3 is 10.2 Å². The Hall–Kier alpha value is -0.120. The first-order valence-corrected chi connectivity index (χ1v) is 4.80. The fourth-order valence-corrected chi connectivity index (χ4v) is 1.98. The molecule has 0 aliphatic carbocycles. The topological polar surface area (TPSA) is 43.7 Å². The maximum Gasteiger partial charge on any atom is 0.181 e. The predicted octanol–water partition coefficient (Wildman–Crippen LogP) is 0.950. The summed E-state index contributed by atoms with van der Waals surface area (Å²) < 4.78 is 0. The van der Waals surface area contributed by atoms with Crippen molar-refractivity contribution in [1.82, 2.24) is 4.90 Å². The van der Waals surface area contributed by atoms with Crippen molar-refractivity contribution in [3.63, 3.8) is 0 Å². The Morgan fingerprint density at radius 1 is 1.00 bits per heavy atom. The average Bonchev–Trinajstić information content (AvgIpc) is 1.97. The molecule has 1 saturated heterocycles. The summed E-state index contributed by atoms with van der Waals surface area (Å²) in [6.07, 6.45) is 1.25. The molecule has 13 heavy (non-hydrogen) atoms. The first-order chi connectivity index (χ1) is 5.61. The Kier molecular flexibility index (Phi) is 2.26. The van der Waals surface area contributed by atoms with Crippen LogP contribution in [0.15, 0.2) is 0 Å². The third-order valence-electron chi connectivity index (χ3n) is 3.81. The van der Waals surface area contributed by atoms with Gasteiger partial charge in [0, 0.05) is 12.0 Å². The van der Waals surface area contributed by atoms with E-state index in [1.807, 2.05) is 25.8 Å². The Morgan fingerprint density at radius 2 is 1.46 bits per heavy atom. The van der Waals surface area contributed by atoms with Crippen LogP contribution in [0.3, 0.4) is 0 Å². The highest BCUT2D eigenvalue weighted by molar-refractivity contribution is 5.03. The molecule has 0 unspecified atom stereocenters. The maximum atomic E-state index is 9.82. The highest BCUT2D eigenvalue weighted by Gasteiger charge is 2.53. The lowest BCUT2D eigenvalue weighted by Gasteiger charge is -2.56. The second-order valence-electron chi connectivity index (χ2n) is 5.25. The van der Waals surface area contributed by atoms with E-state index in [0.717, 1.165) is 6.42 Å². The molecule has 1 aliphatic heterocycles. The molecule has 0 atom stereocenters. The lowest BCUT2D eigenvalue weighted by molar-refractivity contribution is -0.275. The van der Waals surface area contributed by atoms with Gasteiger partial charge in [-0.25, -0.2) is 0 Å². The van der Waals surface area contributed by atoms with E-state index in [2.05, 4.69) is 13.8 Å². The van der Waals surface area contributed by atoms with Crippen molar-refractivity contribution in [2.45, 2.75) is 57.4 Å². The molecule has 1 fully saturated rings. The molecule has 0 aromatic heterocycles. The van der Waals surface area contributed by atoms with Crippen LogP contribution in [0.4, 0.5) is 0 Å². The molecule has 2 N–H and O–H groups in total. The van der Waals surface area contributed by atoms with Crippen LogP contribution < -0.4 is 0 Å². The Balaban J connectivity index is 3.00. The van der Waals surface area contributed by atoms with Gasteiger partial charge >= 0.3 is 0 Å². The van der Waals surface area contributed by atoms with E-state index in [4.69, 9.17) is 0 Å². The molecule has 1 heterocycles. The van der Waals surface area contributed by atoms with Crippen molar-refractivity contribution in [2.24, 2.45) is 0 Å². The molecular formula is C10H21NO2. The molecule has 0 spiro atoms. The Labute approximate surface area is 80.4 Å². The number of nitrogens with zero attached hydrogens (tertiary/aromatic N) is 1. The van der Waals surface area contributed by atoms with Crippen molar-refractivity contribution in [3.8, 4) is 0 Å². The molecule has 0 bridgehead atoms. The summed E-state index contributed by atoms with van der Waals surface area (Å²) >= 11 is 0. The zero-order valence-electron chi connectivity index (χ0n) is 9.26. The van der Waals surface area contributed by atoms with Crippen LogP contribution in [0.1, 0.15) is 40.5 Å². The van der Waals surface area contributed by atoms with Crippen LogP contribution in [-0.4, -0.2) is 39.0 Å². The normalized spacial score (nSPS) is 31.6. The minimum absolute atomic E-state index is 0.0401. The molecule has 1 rings (SSSR count). The predicted molar refractivity (Wildman–Crippen MR) is 52.3 cm³/mol. The molecule has 3 heteroatoms. The Morgan fingerprint density at radius 3 is 1.85 bits per heavy atom. The van der Waals surface area contributed by atoms with E-state index in [9.17, 15) is 10.2 Å². The molecule has 0 amide bonds. The highest BCUT2D eigenvalue weighted by atomic mass is 16.5. The Bertz CT molecular complexity index is 209. The summed E-state index contributed by atoms with van der Waals surface area (Å²) in [6.45, 7) is 8.00. The van der Waals surface area contributed by atoms with Gasteiger partial charge in [0.2, 0.25) is 0 Å². The fourth-order valence-electron chi connectivity index (χ4n) is 1.98. The molecule has 0 saturated carbocycles. The first kappa shape index (κ1) is 11.0. The van der Waals surface area contributed by atoms with Crippen molar-refractivity contribution >= 4 is 0 Å². The van der Waals surface area contributed by atoms with Gasteiger partial charge in [0.05, 0.1) is 5.54 Å². The largest absolute Gasteiger partial charge is 0.364 e. The van der Waals surface area contributed by atoms with Gasteiger partial charge in [0.25, 0.3) is 0 Å². The summed E-state index contributed by atoms with van der Waals surface area (Å²) in [4.78, 5) is 2.05. The quantitative estimate of drug-likeness (QED) is 0.555. The average molecular weight is 187 g/mol. The first-order valence-electron chi connectivity index (χ1n) is 4.80. The van der Waals surface area contributed by atoms with Gasteiger partial charge in [-0.05, 0) is 41.2 Å². The fraction of sp³-hybridized carbons (Fsp3) is 1.00. The molecular weight excluding hydrogens is 166 g/mol. The van der Waals surface area contributed by atoms with E-state index < -0.39 is 11.3 Å². The third kappa shape index (κ3) is 1.49. The number of likely N-dealkylation sites (tertiary alicyclic amines) is 1. The van der Waals surface area contributed by atoms with Crippen molar-refractivity contribution in [2.75, 3.05) is 7.05 Å². The van der Waals surface area contributed by atoms with Gasteiger partial charge in [-0.2, -0.15) is 0 Å². The minimum atomic E-state index is -1.57. The zero-order valence-corrected chi connectivity index (χ0v) is 9.26. The van der Waals surface area contributed by atoms with Gasteiger partial charge in [-0.3, -0.25) is 4.90 Å². The van der Waals surface area contributed by atoms with Gasteiger partial charge in [-0.15, -0.1) is 0 Å². The van der Waals surface area contributed by atoms with E-state index in [0.29, 0.717) is 6.42 Å². The number of aliphatic hydroxyl groups is 2. The third-order valence-corrected chi connectivity index (χ3v) is 3.81. The van der Waals surface area contributed by atoms with Crippen molar-refractivity contribution in [3.05, 3.63) is 0 Å². The number of hydrogen-bond acceptors (Lipinski definition) is 3. The van der Waals surface area contributed by atoms with Gasteiger partial charge in [-0.1, -0.05) is 0 Å². The molecule has 0 aromatic carbocycles. The number of likely N-dealkylation sites (N-methyl/N-ethyl adjacent to an activating group) is 1. The molecule has 0 aromatic rings. The van der Waals surface area contributed by atoms with E-state index in [-0.39, 0.29) is 5.54 Å². The zero-order chi connectivity index (χ0) is 10.5. The second-order valence-corrected chi connectivity index (χ2v) is 5.25. The maximum absolute atomic E-state index is 9.82. The number of hydrogen-bond donors (Lipinski definition) is 2. The molecule has 78 valence electrons. The van der Waals surface area contributed by atoms with Crippen molar-refractivity contribution < 1.29 is 10.2 Å². The number of piperidine rings is 1. The van der Waals surface area contributed by atoms with Gasteiger partial charge in [0.15, 0.2) is 5.79 Å². The number of rotatable bonds is 0. The monoisotopic (exact) mass is 187 g/mol. The summed E-state index contributed by atoms with van der Waals surface area (Å²) in [5.41, 5.74) is -0.548. The summed E-state index contributed by atoms with van der Waals surface area (Å²) in [7, 11) is 1.94. The van der Waals surface area contributed by atoms with E-state index in [1.54, 1.807) is 0 Å². The molecule has 3 nitrogen and oxygen atoms in total. The van der Waals surface area contributed by atoms with Crippen LogP contribution in [-0.2, 0) is 0 Å². The van der Waals surface area contributed by atoms with Crippen LogP contribution in [0.5, 0.6) is 0 Å². The minimum Gasteiger partial charge on any atom is -0.364 e.